The fourth-order valence-electron chi connectivity index (χ4n) is 2.64. The number of nitro groups is 1. The maximum absolute atomic E-state index is 13.0. The quantitative estimate of drug-likeness (QED) is 0.611. The Bertz CT molecular complexity index is 843. The number of aryl methyl sites for hydroxylation is 2. The first-order valence-corrected chi connectivity index (χ1v) is 8.74. The van der Waals surface area contributed by atoms with E-state index >= 15 is 0 Å². The van der Waals surface area contributed by atoms with Crippen molar-refractivity contribution in [3.8, 4) is 0 Å². The van der Waals surface area contributed by atoms with Gasteiger partial charge in [0.1, 0.15) is 0 Å². The summed E-state index contributed by atoms with van der Waals surface area (Å²) >= 11 is 0. The SMILES string of the molecule is Cc1cc([N+](=O)[O-])cc(C)c1S(=O)(=O)N(C)[C@H](C)c1ccncc1. The molecule has 0 unspecified atom stereocenters. The van der Waals surface area contributed by atoms with Gasteiger partial charge in [-0.1, -0.05) is 0 Å². The third-order valence-electron chi connectivity index (χ3n) is 4.03. The van der Waals surface area contributed by atoms with Crippen molar-refractivity contribution in [3.05, 3.63) is 63.5 Å². The van der Waals surface area contributed by atoms with Gasteiger partial charge in [0.2, 0.25) is 10.0 Å². The van der Waals surface area contributed by atoms with Crippen LogP contribution in [0.25, 0.3) is 0 Å². The predicted octanol–water partition coefficient (Wildman–Crippen LogP) is 2.99. The van der Waals surface area contributed by atoms with Gasteiger partial charge in [-0.05, 0) is 49.6 Å². The molecule has 1 aromatic carbocycles. The Hall–Kier alpha value is -2.32. The number of benzene rings is 1. The molecular formula is C16H19N3O4S. The molecule has 1 heterocycles. The molecule has 0 amide bonds. The van der Waals surface area contributed by atoms with Crippen LogP contribution in [-0.4, -0.2) is 29.7 Å². The van der Waals surface area contributed by atoms with E-state index in [0.717, 1.165) is 5.56 Å². The molecule has 1 aromatic heterocycles. The normalized spacial score (nSPS) is 13.0. The molecule has 0 bridgehead atoms. The van der Waals surface area contributed by atoms with Crippen molar-refractivity contribution >= 4 is 15.7 Å². The lowest BCUT2D eigenvalue weighted by Crippen LogP contribution is -2.31. The lowest BCUT2D eigenvalue weighted by molar-refractivity contribution is -0.385. The number of rotatable bonds is 5. The predicted molar refractivity (Wildman–Crippen MR) is 90.2 cm³/mol. The molecule has 0 spiro atoms. The van der Waals surface area contributed by atoms with Crippen LogP contribution in [-0.2, 0) is 10.0 Å². The first-order valence-electron chi connectivity index (χ1n) is 7.30. The van der Waals surface area contributed by atoms with Crippen LogP contribution < -0.4 is 0 Å². The van der Waals surface area contributed by atoms with Crippen molar-refractivity contribution in [1.82, 2.24) is 9.29 Å². The smallest absolute Gasteiger partial charge is 0.265 e. The van der Waals surface area contributed by atoms with E-state index in [0.29, 0.717) is 11.1 Å². The Morgan fingerprint density at radius 3 is 2.12 bits per heavy atom. The summed E-state index contributed by atoms with van der Waals surface area (Å²) in [6.07, 6.45) is 3.21. The number of sulfonamides is 1. The van der Waals surface area contributed by atoms with Crippen LogP contribution in [0.5, 0.6) is 0 Å². The average Bonchev–Trinajstić information content (AvgIpc) is 2.53. The Balaban J connectivity index is 2.49. The zero-order chi connectivity index (χ0) is 18.1. The van der Waals surface area contributed by atoms with Gasteiger partial charge in [0, 0.05) is 37.6 Å². The largest absolute Gasteiger partial charge is 0.270 e. The van der Waals surface area contributed by atoms with Gasteiger partial charge in [-0.15, -0.1) is 0 Å². The molecule has 8 heteroatoms. The average molecular weight is 349 g/mol. The number of hydrogen-bond acceptors (Lipinski definition) is 5. The van der Waals surface area contributed by atoms with Gasteiger partial charge in [-0.25, -0.2) is 8.42 Å². The minimum absolute atomic E-state index is 0.108. The standard InChI is InChI=1S/C16H19N3O4S/c1-11-9-15(19(20)21)10-12(2)16(11)24(22,23)18(4)13(3)14-5-7-17-8-6-14/h5-10,13H,1-4H3/t13-/m1/s1. The molecule has 0 saturated carbocycles. The number of pyridine rings is 1. The number of hydrogen-bond donors (Lipinski definition) is 0. The number of aromatic nitrogens is 1. The minimum Gasteiger partial charge on any atom is -0.265 e. The van der Waals surface area contributed by atoms with E-state index < -0.39 is 21.0 Å². The summed E-state index contributed by atoms with van der Waals surface area (Å²) in [6, 6.07) is 5.68. The Morgan fingerprint density at radius 2 is 1.67 bits per heavy atom. The van der Waals surface area contributed by atoms with Crippen LogP contribution in [0.2, 0.25) is 0 Å². The maximum atomic E-state index is 13.0. The summed E-state index contributed by atoms with van der Waals surface area (Å²) < 4.78 is 27.3. The molecule has 0 aliphatic rings. The van der Waals surface area contributed by atoms with Gasteiger partial charge in [-0.2, -0.15) is 4.31 Å². The van der Waals surface area contributed by atoms with E-state index in [1.807, 2.05) is 0 Å². The molecule has 2 rings (SSSR count). The van der Waals surface area contributed by atoms with Crippen LogP contribution in [0, 0.1) is 24.0 Å². The van der Waals surface area contributed by atoms with Gasteiger partial charge in [0.15, 0.2) is 0 Å². The second-order valence-electron chi connectivity index (χ2n) is 5.64. The zero-order valence-electron chi connectivity index (χ0n) is 13.9. The zero-order valence-corrected chi connectivity index (χ0v) is 14.7. The highest BCUT2D eigenvalue weighted by Gasteiger charge is 2.30. The number of nitrogens with zero attached hydrogens (tertiary/aromatic N) is 3. The Morgan fingerprint density at radius 1 is 1.17 bits per heavy atom. The minimum atomic E-state index is -3.80. The third-order valence-corrected chi connectivity index (χ3v) is 6.26. The highest BCUT2D eigenvalue weighted by atomic mass is 32.2. The first kappa shape index (κ1) is 18.0. The molecule has 0 saturated heterocycles. The molecule has 0 fully saturated rings. The fraction of sp³-hybridized carbons (Fsp3) is 0.312. The molecule has 0 aliphatic carbocycles. The van der Waals surface area contributed by atoms with Crippen molar-refractivity contribution in [2.24, 2.45) is 0 Å². The van der Waals surface area contributed by atoms with Crippen LogP contribution in [0.1, 0.15) is 29.7 Å². The molecule has 0 aliphatic heterocycles. The van der Waals surface area contributed by atoms with Crippen LogP contribution in [0.3, 0.4) is 0 Å². The molecule has 2 aromatic rings. The second kappa shape index (κ2) is 6.66. The molecule has 0 radical (unpaired) electrons. The second-order valence-corrected chi connectivity index (χ2v) is 7.58. The highest BCUT2D eigenvalue weighted by Crippen LogP contribution is 2.31. The van der Waals surface area contributed by atoms with Gasteiger partial charge < -0.3 is 0 Å². The van der Waals surface area contributed by atoms with Crippen LogP contribution in [0.15, 0.2) is 41.6 Å². The maximum Gasteiger partial charge on any atom is 0.270 e. The fourth-order valence-corrected chi connectivity index (χ4v) is 4.40. The summed E-state index contributed by atoms with van der Waals surface area (Å²) in [5.41, 5.74) is 1.41. The number of non-ortho nitro benzene ring substituents is 1. The lowest BCUT2D eigenvalue weighted by atomic mass is 10.1. The third kappa shape index (κ3) is 3.29. The molecule has 0 N–H and O–H groups in total. The number of nitro benzene ring substituents is 1. The van der Waals surface area contributed by atoms with Crippen molar-refractivity contribution in [3.63, 3.8) is 0 Å². The Kier molecular flexibility index (Phi) is 5.00. The topological polar surface area (TPSA) is 93.4 Å². The molecule has 128 valence electrons. The first-order chi connectivity index (χ1) is 11.2. The van der Waals surface area contributed by atoms with Gasteiger partial charge >= 0.3 is 0 Å². The lowest BCUT2D eigenvalue weighted by Gasteiger charge is -2.26. The van der Waals surface area contributed by atoms with Gasteiger partial charge in [-0.3, -0.25) is 15.1 Å². The molecule has 1 atom stereocenters. The molecule has 24 heavy (non-hydrogen) atoms. The van der Waals surface area contributed by atoms with E-state index in [4.69, 9.17) is 0 Å². The summed E-state index contributed by atoms with van der Waals surface area (Å²) in [7, 11) is -2.30. The highest BCUT2D eigenvalue weighted by molar-refractivity contribution is 7.89. The van der Waals surface area contributed by atoms with E-state index in [2.05, 4.69) is 4.98 Å². The van der Waals surface area contributed by atoms with Crippen molar-refractivity contribution in [2.75, 3.05) is 7.05 Å². The van der Waals surface area contributed by atoms with E-state index in [-0.39, 0.29) is 10.6 Å². The van der Waals surface area contributed by atoms with Crippen molar-refractivity contribution < 1.29 is 13.3 Å². The van der Waals surface area contributed by atoms with Gasteiger partial charge in [0.25, 0.3) is 5.69 Å². The summed E-state index contributed by atoms with van der Waals surface area (Å²) in [5, 5.41) is 10.9. The van der Waals surface area contributed by atoms with E-state index in [1.165, 1.54) is 23.5 Å². The van der Waals surface area contributed by atoms with Crippen LogP contribution in [0.4, 0.5) is 5.69 Å². The summed E-state index contributed by atoms with van der Waals surface area (Å²) in [5.74, 6) is 0. The van der Waals surface area contributed by atoms with Gasteiger partial charge in [0.05, 0.1) is 9.82 Å². The van der Waals surface area contributed by atoms with Crippen LogP contribution >= 0.6 is 0 Å². The summed E-state index contributed by atoms with van der Waals surface area (Å²) in [6.45, 7) is 4.92. The monoisotopic (exact) mass is 349 g/mol. The molecule has 7 nitrogen and oxygen atoms in total. The summed E-state index contributed by atoms with van der Waals surface area (Å²) in [4.78, 5) is 14.4. The Labute approximate surface area is 141 Å². The van der Waals surface area contributed by atoms with Crippen molar-refractivity contribution in [2.45, 2.75) is 31.7 Å². The van der Waals surface area contributed by atoms with E-state index in [1.54, 1.807) is 45.3 Å². The molecular weight excluding hydrogens is 330 g/mol. The van der Waals surface area contributed by atoms with E-state index in [9.17, 15) is 18.5 Å². The van der Waals surface area contributed by atoms with Crippen molar-refractivity contribution in [1.29, 1.82) is 0 Å².